The summed E-state index contributed by atoms with van der Waals surface area (Å²) in [5.74, 6) is 0. The maximum Gasteiger partial charge on any atom is 0.408 e. The second-order valence-electron chi connectivity index (χ2n) is 7.58. The van der Waals surface area contributed by atoms with E-state index in [1.54, 1.807) is 39.1 Å². The molecule has 3 N–H and O–H groups in total. The maximum absolute atomic E-state index is 12.2. The quantitative estimate of drug-likeness (QED) is 0.643. The van der Waals surface area contributed by atoms with Crippen LogP contribution in [-0.4, -0.2) is 49.1 Å². The predicted octanol–water partition coefficient (Wildman–Crippen LogP) is 2.24. The van der Waals surface area contributed by atoms with E-state index in [1.165, 1.54) is 6.92 Å². The topological polar surface area (TPSA) is 118 Å². The first kappa shape index (κ1) is 21.2. The third kappa shape index (κ3) is 5.69. The average molecular weight is 398 g/mol. The highest BCUT2D eigenvalue weighted by Gasteiger charge is 2.38. The molecule has 0 saturated heterocycles. The largest absolute Gasteiger partial charge is 0.444 e. The van der Waals surface area contributed by atoms with Crippen molar-refractivity contribution < 1.29 is 27.2 Å². The van der Waals surface area contributed by atoms with Gasteiger partial charge in [-0.2, -0.15) is 8.42 Å². The van der Waals surface area contributed by atoms with Crippen molar-refractivity contribution in [2.45, 2.75) is 44.9 Å². The Labute approximate surface area is 159 Å². The molecule has 1 aromatic carbocycles. The Hall–Kier alpha value is -2.10. The van der Waals surface area contributed by atoms with Gasteiger partial charge in [-0.15, -0.1) is 0 Å². The van der Waals surface area contributed by atoms with Crippen molar-refractivity contribution in [1.29, 1.82) is 0 Å². The molecular weight excluding hydrogens is 372 g/mol. The summed E-state index contributed by atoms with van der Waals surface area (Å²) >= 11 is 0. The third-order valence-corrected chi connectivity index (χ3v) is 4.52. The number of fused-ring (bicyclic) bond motifs is 1. The van der Waals surface area contributed by atoms with Crippen LogP contribution in [0.5, 0.6) is 0 Å². The first-order valence-corrected chi connectivity index (χ1v) is 10.2. The van der Waals surface area contributed by atoms with Gasteiger partial charge in [-0.3, -0.25) is 4.18 Å². The molecule has 0 aliphatic heterocycles. The Morgan fingerprint density at radius 1 is 1.26 bits per heavy atom. The monoisotopic (exact) mass is 398 g/mol. The van der Waals surface area contributed by atoms with Gasteiger partial charge in [0.15, 0.2) is 0 Å². The van der Waals surface area contributed by atoms with E-state index in [0.29, 0.717) is 11.1 Å². The van der Waals surface area contributed by atoms with Gasteiger partial charge in [0.25, 0.3) is 10.1 Å². The molecule has 1 heterocycles. The lowest BCUT2D eigenvalue weighted by Gasteiger charge is -2.34. The Morgan fingerprint density at radius 3 is 2.52 bits per heavy atom. The van der Waals surface area contributed by atoms with E-state index in [4.69, 9.17) is 8.92 Å². The number of nitrogens with one attached hydrogen (secondary N) is 2. The lowest BCUT2D eigenvalue weighted by molar-refractivity contribution is -0.00930. The van der Waals surface area contributed by atoms with Gasteiger partial charge >= 0.3 is 6.09 Å². The van der Waals surface area contributed by atoms with Gasteiger partial charge < -0.3 is 20.1 Å². The van der Waals surface area contributed by atoms with Crippen LogP contribution in [0.15, 0.2) is 30.5 Å². The van der Waals surface area contributed by atoms with Crippen molar-refractivity contribution >= 4 is 27.1 Å². The van der Waals surface area contributed by atoms with Crippen molar-refractivity contribution in [3.05, 3.63) is 36.0 Å². The Kier molecular flexibility index (Phi) is 5.88. The number of carbonyl (C=O) groups excluding carboxylic acids is 1. The molecule has 8 nitrogen and oxygen atoms in total. The fourth-order valence-corrected chi connectivity index (χ4v) is 3.06. The Bertz CT molecular complexity index is 911. The molecule has 2 aromatic rings. The molecule has 1 aromatic heterocycles. The van der Waals surface area contributed by atoms with Crippen LogP contribution >= 0.6 is 0 Å². The number of amides is 1. The Morgan fingerprint density at radius 2 is 1.93 bits per heavy atom. The SMILES string of the molecule is CC(C)(C)OC(=O)N[C@H](COS(C)(=O)=O)C(C)(O)c1cccc2cc[nH]c12. The molecule has 0 radical (unpaired) electrons. The first-order chi connectivity index (χ1) is 12.3. The summed E-state index contributed by atoms with van der Waals surface area (Å²) in [6.07, 6.45) is 1.84. The summed E-state index contributed by atoms with van der Waals surface area (Å²) in [7, 11) is -3.78. The second-order valence-corrected chi connectivity index (χ2v) is 9.23. The minimum absolute atomic E-state index is 0.456. The van der Waals surface area contributed by atoms with E-state index in [-0.39, 0.29) is 0 Å². The van der Waals surface area contributed by atoms with Crippen molar-refractivity contribution in [2.24, 2.45) is 0 Å². The van der Waals surface area contributed by atoms with E-state index in [2.05, 4.69) is 10.3 Å². The lowest BCUT2D eigenvalue weighted by atomic mass is 9.87. The molecule has 0 aliphatic rings. The Balaban J connectivity index is 2.37. The van der Waals surface area contributed by atoms with E-state index in [0.717, 1.165) is 11.6 Å². The molecule has 2 atom stereocenters. The summed E-state index contributed by atoms with van der Waals surface area (Å²) in [5, 5.41) is 14.6. The molecule has 0 spiro atoms. The summed E-state index contributed by atoms with van der Waals surface area (Å²) in [5.41, 5.74) is -1.23. The molecule has 0 bridgehead atoms. The van der Waals surface area contributed by atoms with E-state index >= 15 is 0 Å². The number of ether oxygens (including phenoxy) is 1. The summed E-state index contributed by atoms with van der Waals surface area (Å²) < 4.78 is 32.9. The number of aromatic amines is 1. The fraction of sp³-hybridized carbons (Fsp3) is 0.500. The molecule has 2 rings (SSSR count). The normalized spacial score (nSPS) is 15.9. The fourth-order valence-electron chi connectivity index (χ4n) is 2.68. The smallest absolute Gasteiger partial charge is 0.408 e. The summed E-state index contributed by atoms with van der Waals surface area (Å²) in [4.78, 5) is 15.3. The van der Waals surface area contributed by atoms with Gasteiger partial charge in [-0.1, -0.05) is 18.2 Å². The molecule has 150 valence electrons. The first-order valence-electron chi connectivity index (χ1n) is 8.42. The molecule has 9 heteroatoms. The summed E-state index contributed by atoms with van der Waals surface area (Å²) in [6.45, 7) is 6.13. The molecule has 0 aliphatic carbocycles. The maximum atomic E-state index is 12.2. The highest BCUT2D eigenvalue weighted by molar-refractivity contribution is 7.85. The van der Waals surface area contributed by atoms with Crippen LogP contribution < -0.4 is 5.32 Å². The number of hydrogen-bond donors (Lipinski definition) is 3. The van der Waals surface area contributed by atoms with Gasteiger partial charge in [0, 0.05) is 11.8 Å². The number of aromatic nitrogens is 1. The zero-order valence-electron chi connectivity index (χ0n) is 16.1. The number of carbonyl (C=O) groups is 1. The van der Waals surface area contributed by atoms with Crippen LogP contribution in [0.1, 0.15) is 33.3 Å². The summed E-state index contributed by atoms with van der Waals surface area (Å²) in [6, 6.07) is 6.09. The third-order valence-electron chi connectivity index (χ3n) is 3.95. The van der Waals surface area contributed by atoms with Crippen LogP contribution in [0.25, 0.3) is 10.9 Å². The van der Waals surface area contributed by atoms with Gasteiger partial charge in [-0.25, -0.2) is 4.79 Å². The van der Waals surface area contributed by atoms with Crippen LogP contribution in [0, 0.1) is 0 Å². The van der Waals surface area contributed by atoms with Crippen molar-refractivity contribution in [2.75, 3.05) is 12.9 Å². The minimum Gasteiger partial charge on any atom is -0.444 e. The second kappa shape index (κ2) is 7.49. The van der Waals surface area contributed by atoms with Gasteiger partial charge in [0.1, 0.15) is 11.2 Å². The number of alkyl carbamates (subject to hydrolysis) is 1. The number of para-hydroxylation sites is 1. The van der Waals surface area contributed by atoms with Gasteiger partial charge in [-0.05, 0) is 39.1 Å². The molecule has 27 heavy (non-hydrogen) atoms. The standard InChI is InChI=1S/C18H26N2O6S/c1-17(2,3)26-16(21)20-14(11-25-27(5,23)24)18(4,22)13-8-6-7-12-9-10-19-15(12)13/h6-10,14,19,22H,11H2,1-5H3,(H,20,21)/t14-,18?/m1/s1. The highest BCUT2D eigenvalue weighted by Crippen LogP contribution is 2.31. The molecule has 1 unspecified atom stereocenters. The zero-order chi connectivity index (χ0) is 20.5. The van der Waals surface area contributed by atoms with Crippen molar-refractivity contribution in [1.82, 2.24) is 10.3 Å². The molecular formula is C18H26N2O6S. The number of hydrogen-bond acceptors (Lipinski definition) is 6. The lowest BCUT2D eigenvalue weighted by Crippen LogP contribution is -2.53. The van der Waals surface area contributed by atoms with Crippen LogP contribution in [0.4, 0.5) is 4.79 Å². The minimum atomic E-state index is -3.78. The van der Waals surface area contributed by atoms with E-state index in [9.17, 15) is 18.3 Å². The number of aliphatic hydroxyl groups is 1. The van der Waals surface area contributed by atoms with Crippen LogP contribution in [0.2, 0.25) is 0 Å². The number of rotatable bonds is 6. The highest BCUT2D eigenvalue weighted by atomic mass is 32.2. The van der Waals surface area contributed by atoms with E-state index < -0.39 is 40.1 Å². The molecule has 1 amide bonds. The molecule has 0 saturated carbocycles. The average Bonchev–Trinajstić information content (AvgIpc) is 2.96. The predicted molar refractivity (Wildman–Crippen MR) is 102 cm³/mol. The van der Waals surface area contributed by atoms with Crippen LogP contribution in [-0.2, 0) is 24.6 Å². The van der Waals surface area contributed by atoms with E-state index in [1.807, 2.05) is 12.1 Å². The van der Waals surface area contributed by atoms with Gasteiger partial charge in [0.05, 0.1) is 24.4 Å². The van der Waals surface area contributed by atoms with Crippen molar-refractivity contribution in [3.63, 3.8) is 0 Å². The van der Waals surface area contributed by atoms with Crippen molar-refractivity contribution in [3.8, 4) is 0 Å². The van der Waals surface area contributed by atoms with Gasteiger partial charge in [0.2, 0.25) is 0 Å². The number of H-pyrrole nitrogens is 1. The zero-order valence-corrected chi connectivity index (χ0v) is 16.9. The number of benzene rings is 1. The van der Waals surface area contributed by atoms with Crippen LogP contribution in [0.3, 0.4) is 0 Å². The molecule has 0 fully saturated rings.